The van der Waals surface area contributed by atoms with E-state index in [1.165, 1.54) is 0 Å². The first-order valence-electron chi connectivity index (χ1n) is 6.44. The van der Waals surface area contributed by atoms with Crippen LogP contribution in [0.2, 0.25) is 0 Å². The highest BCUT2D eigenvalue weighted by atomic mass is 16.4. The molecule has 2 aromatic rings. The van der Waals surface area contributed by atoms with Crippen molar-refractivity contribution in [3.8, 4) is 0 Å². The standard InChI is InChI=1S/C15H19NO3/c1-9(2)14-10(3)16(6-7-17)13-5-4-11(15(18)19)8-12(13)14/h4-5,8-9,17H,6-7H2,1-3H3,(H,18,19). The van der Waals surface area contributed by atoms with Gasteiger partial charge in [0.2, 0.25) is 0 Å². The van der Waals surface area contributed by atoms with Gasteiger partial charge >= 0.3 is 5.97 Å². The second-order valence-corrected chi connectivity index (χ2v) is 5.07. The average Bonchev–Trinajstić information content (AvgIpc) is 2.62. The smallest absolute Gasteiger partial charge is 0.335 e. The number of hydrogen-bond donors (Lipinski definition) is 2. The maximum atomic E-state index is 11.1. The number of benzene rings is 1. The van der Waals surface area contributed by atoms with Crippen LogP contribution in [0.4, 0.5) is 0 Å². The van der Waals surface area contributed by atoms with E-state index in [0.717, 1.165) is 22.2 Å². The molecule has 2 rings (SSSR count). The van der Waals surface area contributed by atoms with E-state index in [1.54, 1.807) is 12.1 Å². The lowest BCUT2D eigenvalue weighted by atomic mass is 9.99. The molecule has 0 unspecified atom stereocenters. The Morgan fingerprint density at radius 3 is 2.58 bits per heavy atom. The Bertz CT molecular complexity index is 626. The Balaban J connectivity index is 2.78. The van der Waals surface area contributed by atoms with Gasteiger partial charge in [0.25, 0.3) is 0 Å². The zero-order valence-corrected chi connectivity index (χ0v) is 11.5. The van der Waals surface area contributed by atoms with E-state index < -0.39 is 5.97 Å². The molecule has 102 valence electrons. The summed E-state index contributed by atoms with van der Waals surface area (Å²) >= 11 is 0. The highest BCUT2D eigenvalue weighted by molar-refractivity contribution is 5.95. The molecule has 0 spiro atoms. The Hall–Kier alpha value is -1.81. The van der Waals surface area contributed by atoms with Crippen molar-refractivity contribution in [2.45, 2.75) is 33.2 Å². The van der Waals surface area contributed by atoms with Gasteiger partial charge < -0.3 is 14.8 Å². The third kappa shape index (κ3) is 2.24. The van der Waals surface area contributed by atoms with Crippen molar-refractivity contribution in [3.05, 3.63) is 35.0 Å². The topological polar surface area (TPSA) is 62.5 Å². The second-order valence-electron chi connectivity index (χ2n) is 5.07. The van der Waals surface area contributed by atoms with Crippen LogP contribution in [0.25, 0.3) is 10.9 Å². The largest absolute Gasteiger partial charge is 0.478 e. The third-order valence-electron chi connectivity index (χ3n) is 3.52. The maximum Gasteiger partial charge on any atom is 0.335 e. The van der Waals surface area contributed by atoms with Crippen molar-refractivity contribution in [2.24, 2.45) is 0 Å². The fourth-order valence-corrected chi connectivity index (χ4v) is 2.76. The number of aliphatic hydroxyl groups is 1. The molecule has 0 saturated carbocycles. The number of fused-ring (bicyclic) bond motifs is 1. The van der Waals surface area contributed by atoms with Gasteiger partial charge in [0.05, 0.1) is 12.2 Å². The van der Waals surface area contributed by atoms with Crippen molar-refractivity contribution in [3.63, 3.8) is 0 Å². The molecule has 0 saturated heterocycles. The van der Waals surface area contributed by atoms with Gasteiger partial charge in [-0.15, -0.1) is 0 Å². The summed E-state index contributed by atoms with van der Waals surface area (Å²) in [5.41, 5.74) is 3.55. The average molecular weight is 261 g/mol. The second kappa shape index (κ2) is 5.05. The lowest BCUT2D eigenvalue weighted by molar-refractivity contribution is 0.0697. The van der Waals surface area contributed by atoms with E-state index in [2.05, 4.69) is 18.4 Å². The maximum absolute atomic E-state index is 11.1. The number of aromatic carboxylic acids is 1. The molecule has 0 atom stereocenters. The number of carboxylic acids is 1. The van der Waals surface area contributed by atoms with Gasteiger partial charge in [0.15, 0.2) is 0 Å². The number of hydrogen-bond acceptors (Lipinski definition) is 2. The minimum atomic E-state index is -0.913. The Kier molecular flexibility index (Phi) is 3.62. The molecule has 0 aliphatic carbocycles. The highest BCUT2D eigenvalue weighted by Gasteiger charge is 2.17. The molecule has 4 heteroatoms. The molecule has 4 nitrogen and oxygen atoms in total. The van der Waals surface area contributed by atoms with E-state index in [1.807, 2.05) is 13.0 Å². The normalized spacial score (nSPS) is 11.4. The lowest BCUT2D eigenvalue weighted by Crippen LogP contribution is -2.04. The lowest BCUT2D eigenvalue weighted by Gasteiger charge is -2.08. The predicted octanol–water partition coefficient (Wildman–Crippen LogP) is 2.76. The Morgan fingerprint density at radius 1 is 1.37 bits per heavy atom. The number of aromatic nitrogens is 1. The summed E-state index contributed by atoms with van der Waals surface area (Å²) in [6, 6.07) is 5.17. The Morgan fingerprint density at radius 2 is 2.05 bits per heavy atom. The number of carbonyl (C=O) groups is 1. The number of aliphatic hydroxyl groups excluding tert-OH is 1. The number of rotatable bonds is 4. The van der Waals surface area contributed by atoms with Crippen LogP contribution in [0.3, 0.4) is 0 Å². The molecule has 2 N–H and O–H groups in total. The van der Waals surface area contributed by atoms with Crippen LogP contribution in [-0.4, -0.2) is 27.4 Å². The number of nitrogens with zero attached hydrogens (tertiary/aromatic N) is 1. The molecule has 19 heavy (non-hydrogen) atoms. The van der Waals surface area contributed by atoms with Crippen LogP contribution >= 0.6 is 0 Å². The fourth-order valence-electron chi connectivity index (χ4n) is 2.76. The third-order valence-corrected chi connectivity index (χ3v) is 3.52. The summed E-state index contributed by atoms with van der Waals surface area (Å²) in [5, 5.41) is 19.3. The SMILES string of the molecule is Cc1c(C(C)C)c2cc(C(=O)O)ccc2n1CCO. The van der Waals surface area contributed by atoms with Crippen LogP contribution in [0.1, 0.15) is 41.4 Å². The summed E-state index contributed by atoms with van der Waals surface area (Å²) < 4.78 is 2.05. The van der Waals surface area contributed by atoms with Crippen molar-refractivity contribution in [2.75, 3.05) is 6.61 Å². The molecule has 1 heterocycles. The van der Waals surface area contributed by atoms with E-state index in [-0.39, 0.29) is 6.61 Å². The molecule has 0 radical (unpaired) electrons. The van der Waals surface area contributed by atoms with Gasteiger partial charge in [0, 0.05) is 23.1 Å². The van der Waals surface area contributed by atoms with E-state index >= 15 is 0 Å². The van der Waals surface area contributed by atoms with E-state index in [4.69, 9.17) is 5.11 Å². The zero-order chi connectivity index (χ0) is 14.2. The summed E-state index contributed by atoms with van der Waals surface area (Å²) in [4.78, 5) is 11.1. The molecular weight excluding hydrogens is 242 g/mol. The minimum Gasteiger partial charge on any atom is -0.478 e. The van der Waals surface area contributed by atoms with Crippen molar-refractivity contribution < 1.29 is 15.0 Å². The molecule has 0 fully saturated rings. The molecule has 0 amide bonds. The summed E-state index contributed by atoms with van der Waals surface area (Å²) in [6.07, 6.45) is 0. The molecule has 1 aromatic heterocycles. The molecule has 0 aliphatic rings. The molecule has 0 aliphatic heterocycles. The minimum absolute atomic E-state index is 0.0723. The zero-order valence-electron chi connectivity index (χ0n) is 11.5. The van der Waals surface area contributed by atoms with Crippen LogP contribution in [0.15, 0.2) is 18.2 Å². The van der Waals surface area contributed by atoms with Gasteiger partial charge in [-0.2, -0.15) is 0 Å². The van der Waals surface area contributed by atoms with Crippen LogP contribution in [-0.2, 0) is 6.54 Å². The van der Waals surface area contributed by atoms with E-state index in [9.17, 15) is 9.90 Å². The van der Waals surface area contributed by atoms with Crippen LogP contribution in [0, 0.1) is 6.92 Å². The molecule has 0 bridgehead atoms. The Labute approximate surface area is 112 Å². The van der Waals surface area contributed by atoms with Gasteiger partial charge in [-0.05, 0) is 36.6 Å². The summed E-state index contributed by atoms with van der Waals surface area (Å²) in [6.45, 7) is 6.81. The predicted molar refractivity (Wildman–Crippen MR) is 74.8 cm³/mol. The number of carboxylic acid groups (broad SMARTS) is 1. The van der Waals surface area contributed by atoms with Crippen LogP contribution in [0.5, 0.6) is 0 Å². The van der Waals surface area contributed by atoms with Crippen molar-refractivity contribution in [1.82, 2.24) is 4.57 Å². The fraction of sp³-hybridized carbons (Fsp3) is 0.400. The molecular formula is C15H19NO3. The van der Waals surface area contributed by atoms with Crippen molar-refractivity contribution >= 4 is 16.9 Å². The first-order valence-corrected chi connectivity index (χ1v) is 6.44. The van der Waals surface area contributed by atoms with Gasteiger partial charge in [0.1, 0.15) is 0 Å². The van der Waals surface area contributed by atoms with E-state index in [0.29, 0.717) is 18.0 Å². The summed E-state index contributed by atoms with van der Waals surface area (Å²) in [7, 11) is 0. The highest BCUT2D eigenvalue weighted by Crippen LogP contribution is 2.32. The van der Waals surface area contributed by atoms with Crippen LogP contribution < -0.4 is 0 Å². The summed E-state index contributed by atoms with van der Waals surface area (Å²) in [5.74, 6) is -0.601. The monoisotopic (exact) mass is 261 g/mol. The van der Waals surface area contributed by atoms with Gasteiger partial charge in [-0.3, -0.25) is 0 Å². The van der Waals surface area contributed by atoms with Gasteiger partial charge in [-0.25, -0.2) is 4.79 Å². The first kappa shape index (κ1) is 13.6. The quantitative estimate of drug-likeness (QED) is 0.889. The van der Waals surface area contributed by atoms with Crippen molar-refractivity contribution in [1.29, 1.82) is 0 Å². The van der Waals surface area contributed by atoms with Gasteiger partial charge in [-0.1, -0.05) is 13.8 Å². The molecule has 1 aromatic carbocycles. The first-order chi connectivity index (χ1) is 8.97.